The van der Waals surface area contributed by atoms with Crippen LogP contribution in [0.1, 0.15) is 18.4 Å². The van der Waals surface area contributed by atoms with Crippen LogP contribution in [0.3, 0.4) is 0 Å². The largest absolute Gasteiger partial charge is 0.328 e. The molecular formula is C22H25ClN4O2. The molecule has 1 aliphatic rings. The van der Waals surface area contributed by atoms with E-state index in [-0.39, 0.29) is 17.5 Å². The van der Waals surface area contributed by atoms with E-state index < -0.39 is 0 Å². The Morgan fingerprint density at radius 1 is 1.10 bits per heavy atom. The SMILES string of the molecule is Cn1c(=O)n(C)c2cc(NC(=O)C3CCCN(Cc4ccc(Cl)cc4)C3)ccc21. The highest BCUT2D eigenvalue weighted by Gasteiger charge is 2.26. The zero-order valence-corrected chi connectivity index (χ0v) is 17.4. The van der Waals surface area contributed by atoms with Crippen molar-refractivity contribution in [2.24, 2.45) is 20.0 Å². The summed E-state index contributed by atoms with van der Waals surface area (Å²) in [7, 11) is 3.49. The molecule has 152 valence electrons. The van der Waals surface area contributed by atoms with Crippen LogP contribution < -0.4 is 11.0 Å². The number of imidazole rings is 1. The van der Waals surface area contributed by atoms with Crippen molar-refractivity contribution in [3.63, 3.8) is 0 Å². The molecule has 6 nitrogen and oxygen atoms in total. The van der Waals surface area contributed by atoms with Crippen LogP contribution >= 0.6 is 11.6 Å². The number of piperidine rings is 1. The van der Waals surface area contributed by atoms with Gasteiger partial charge in [-0.2, -0.15) is 0 Å². The topological polar surface area (TPSA) is 59.3 Å². The van der Waals surface area contributed by atoms with Crippen molar-refractivity contribution in [2.45, 2.75) is 19.4 Å². The summed E-state index contributed by atoms with van der Waals surface area (Å²) in [4.78, 5) is 27.3. The van der Waals surface area contributed by atoms with Gasteiger partial charge in [-0.3, -0.25) is 18.8 Å². The number of hydrogen-bond donors (Lipinski definition) is 1. The van der Waals surface area contributed by atoms with Gasteiger partial charge in [0.15, 0.2) is 0 Å². The molecule has 0 aliphatic carbocycles. The van der Waals surface area contributed by atoms with Crippen LogP contribution in [0.5, 0.6) is 0 Å². The lowest BCUT2D eigenvalue weighted by molar-refractivity contribution is -0.121. The standard InChI is InChI=1S/C22H25ClN4O2/c1-25-19-10-9-18(12-20(19)26(2)22(25)29)24-21(28)16-4-3-11-27(14-16)13-15-5-7-17(23)8-6-15/h5-10,12,16H,3-4,11,13-14H2,1-2H3,(H,24,28). The van der Waals surface area contributed by atoms with Crippen molar-refractivity contribution in [3.05, 3.63) is 63.5 Å². The average Bonchev–Trinajstić information content (AvgIpc) is 2.94. The number of halogens is 1. The molecule has 0 radical (unpaired) electrons. The number of nitrogens with one attached hydrogen (secondary N) is 1. The number of hydrogen-bond acceptors (Lipinski definition) is 3. The Bertz CT molecular complexity index is 1100. The molecule has 29 heavy (non-hydrogen) atoms. The Morgan fingerprint density at radius 3 is 2.59 bits per heavy atom. The van der Waals surface area contributed by atoms with Gasteiger partial charge in [0, 0.05) is 37.9 Å². The molecule has 0 saturated carbocycles. The monoisotopic (exact) mass is 412 g/mol. The van der Waals surface area contributed by atoms with E-state index in [0.29, 0.717) is 0 Å². The maximum Gasteiger partial charge on any atom is 0.328 e. The van der Waals surface area contributed by atoms with Gasteiger partial charge in [0.05, 0.1) is 17.0 Å². The first kappa shape index (κ1) is 19.7. The normalized spacial score (nSPS) is 17.6. The molecule has 1 atom stereocenters. The molecule has 1 unspecified atom stereocenters. The smallest absolute Gasteiger partial charge is 0.326 e. The third-order valence-electron chi connectivity index (χ3n) is 5.74. The Balaban J connectivity index is 1.44. The number of anilines is 1. The summed E-state index contributed by atoms with van der Waals surface area (Å²) in [5.74, 6) is -0.0163. The summed E-state index contributed by atoms with van der Waals surface area (Å²) in [5.41, 5.74) is 3.50. The van der Waals surface area contributed by atoms with Crippen molar-refractivity contribution in [1.29, 1.82) is 0 Å². The number of carbonyl (C=O) groups is 1. The molecule has 1 fully saturated rings. The van der Waals surface area contributed by atoms with E-state index in [2.05, 4.69) is 10.2 Å². The van der Waals surface area contributed by atoms with Gasteiger partial charge >= 0.3 is 5.69 Å². The maximum absolute atomic E-state index is 12.9. The van der Waals surface area contributed by atoms with Gasteiger partial charge < -0.3 is 5.32 Å². The summed E-state index contributed by atoms with van der Waals surface area (Å²) in [6.07, 6.45) is 1.88. The Morgan fingerprint density at radius 2 is 1.83 bits per heavy atom. The molecule has 7 heteroatoms. The minimum absolute atomic E-state index is 0.0334. The number of aromatic nitrogens is 2. The van der Waals surface area contributed by atoms with Gasteiger partial charge in [-0.15, -0.1) is 0 Å². The van der Waals surface area contributed by atoms with Gasteiger partial charge in [-0.1, -0.05) is 23.7 Å². The molecule has 1 aliphatic heterocycles. The number of aryl methyl sites for hydroxylation is 2. The van der Waals surface area contributed by atoms with Gasteiger partial charge in [-0.25, -0.2) is 4.79 Å². The fourth-order valence-corrected chi connectivity index (χ4v) is 4.22. The van der Waals surface area contributed by atoms with Crippen LogP contribution in [0.2, 0.25) is 5.02 Å². The van der Waals surface area contributed by atoms with E-state index >= 15 is 0 Å². The zero-order chi connectivity index (χ0) is 20.5. The Labute approximate surface area is 174 Å². The quantitative estimate of drug-likeness (QED) is 0.714. The van der Waals surface area contributed by atoms with Crippen LogP contribution in [0, 0.1) is 5.92 Å². The van der Waals surface area contributed by atoms with Crippen LogP contribution in [-0.4, -0.2) is 33.0 Å². The molecule has 3 aromatic rings. The molecule has 0 spiro atoms. The number of likely N-dealkylation sites (tertiary alicyclic amines) is 1. The van der Waals surface area contributed by atoms with E-state index in [1.54, 1.807) is 23.2 Å². The highest BCUT2D eigenvalue weighted by Crippen LogP contribution is 2.23. The number of nitrogens with zero attached hydrogens (tertiary/aromatic N) is 3. The number of benzene rings is 2. The fourth-order valence-electron chi connectivity index (χ4n) is 4.09. The number of carbonyl (C=O) groups excluding carboxylic acids is 1. The number of amides is 1. The van der Waals surface area contributed by atoms with Crippen LogP contribution in [-0.2, 0) is 25.4 Å². The molecule has 2 aromatic carbocycles. The van der Waals surface area contributed by atoms with E-state index in [0.717, 1.165) is 54.2 Å². The highest BCUT2D eigenvalue weighted by molar-refractivity contribution is 6.30. The first-order valence-electron chi connectivity index (χ1n) is 9.85. The molecule has 1 N–H and O–H groups in total. The predicted octanol–water partition coefficient (Wildman–Crippen LogP) is 3.38. The van der Waals surface area contributed by atoms with Crippen molar-refractivity contribution >= 4 is 34.2 Å². The van der Waals surface area contributed by atoms with E-state index in [9.17, 15) is 9.59 Å². The molecular weight excluding hydrogens is 388 g/mol. The minimum Gasteiger partial charge on any atom is -0.326 e. The van der Waals surface area contributed by atoms with Crippen LogP contribution in [0.15, 0.2) is 47.3 Å². The summed E-state index contributed by atoms with van der Waals surface area (Å²) >= 11 is 5.97. The van der Waals surface area contributed by atoms with Crippen molar-refractivity contribution in [1.82, 2.24) is 14.0 Å². The molecule has 1 amide bonds. The summed E-state index contributed by atoms with van der Waals surface area (Å²) < 4.78 is 3.20. The summed E-state index contributed by atoms with van der Waals surface area (Å²) in [6.45, 7) is 2.55. The lowest BCUT2D eigenvalue weighted by atomic mass is 9.96. The first-order chi connectivity index (χ1) is 13.9. The number of fused-ring (bicyclic) bond motifs is 1. The van der Waals surface area contributed by atoms with Crippen LogP contribution in [0.4, 0.5) is 5.69 Å². The zero-order valence-electron chi connectivity index (χ0n) is 16.7. The van der Waals surface area contributed by atoms with Gasteiger partial charge in [-0.05, 0) is 55.3 Å². The van der Waals surface area contributed by atoms with Crippen molar-refractivity contribution < 1.29 is 4.79 Å². The molecule has 1 saturated heterocycles. The highest BCUT2D eigenvalue weighted by atomic mass is 35.5. The van der Waals surface area contributed by atoms with E-state index in [4.69, 9.17) is 11.6 Å². The van der Waals surface area contributed by atoms with Crippen molar-refractivity contribution in [2.75, 3.05) is 18.4 Å². The molecule has 1 aromatic heterocycles. The third kappa shape index (κ3) is 4.09. The summed E-state index contributed by atoms with van der Waals surface area (Å²) in [6, 6.07) is 13.5. The number of rotatable bonds is 4. The fraction of sp³-hybridized carbons (Fsp3) is 0.364. The van der Waals surface area contributed by atoms with E-state index in [1.165, 1.54) is 5.56 Å². The molecule has 0 bridgehead atoms. The average molecular weight is 413 g/mol. The second-order valence-electron chi connectivity index (χ2n) is 7.79. The van der Waals surface area contributed by atoms with Gasteiger partial charge in [0.25, 0.3) is 0 Å². The lowest BCUT2D eigenvalue weighted by Gasteiger charge is -2.32. The van der Waals surface area contributed by atoms with Gasteiger partial charge in [0.2, 0.25) is 5.91 Å². The second kappa shape index (κ2) is 8.05. The minimum atomic E-state index is -0.0754. The predicted molar refractivity (Wildman–Crippen MR) is 116 cm³/mol. The maximum atomic E-state index is 12.9. The second-order valence-corrected chi connectivity index (χ2v) is 8.23. The first-order valence-corrected chi connectivity index (χ1v) is 10.2. The Kier molecular flexibility index (Phi) is 5.48. The third-order valence-corrected chi connectivity index (χ3v) is 5.99. The lowest BCUT2D eigenvalue weighted by Crippen LogP contribution is -2.40. The Hall–Kier alpha value is -2.57. The molecule has 4 rings (SSSR count). The van der Waals surface area contributed by atoms with Crippen molar-refractivity contribution in [3.8, 4) is 0 Å². The van der Waals surface area contributed by atoms with Gasteiger partial charge in [0.1, 0.15) is 0 Å². The summed E-state index contributed by atoms with van der Waals surface area (Å²) in [5, 5.41) is 3.78. The molecule has 2 heterocycles. The van der Waals surface area contributed by atoms with E-state index in [1.807, 2.05) is 42.5 Å². The van der Waals surface area contributed by atoms with Crippen LogP contribution in [0.25, 0.3) is 11.0 Å².